The van der Waals surface area contributed by atoms with Crippen molar-refractivity contribution in [1.82, 2.24) is 10.6 Å². The molecule has 4 heteroatoms. The molecule has 0 saturated heterocycles. The van der Waals surface area contributed by atoms with Crippen molar-refractivity contribution in [3.63, 3.8) is 0 Å². The third-order valence-corrected chi connectivity index (χ3v) is 2.62. The maximum atomic E-state index is 11.5. The summed E-state index contributed by atoms with van der Waals surface area (Å²) in [5.74, 6) is 1.27. The topological polar surface area (TPSA) is 50.4 Å². The van der Waals surface area contributed by atoms with Crippen molar-refractivity contribution in [2.75, 3.05) is 13.2 Å². The van der Waals surface area contributed by atoms with Gasteiger partial charge in [-0.3, -0.25) is 4.79 Å². The average molecular weight is 278 g/mol. The normalized spacial score (nSPS) is 10.9. The van der Waals surface area contributed by atoms with E-state index in [0.717, 1.165) is 18.8 Å². The Hall–Kier alpha value is -1.55. The molecule has 2 N–H and O–H groups in total. The van der Waals surface area contributed by atoms with E-state index < -0.39 is 0 Å². The maximum Gasteiger partial charge on any atom is 0.258 e. The molecular weight excluding hydrogens is 252 g/mol. The number of carbonyl (C=O) groups is 1. The third-order valence-electron chi connectivity index (χ3n) is 2.62. The molecule has 0 bridgehead atoms. The zero-order valence-electron chi connectivity index (χ0n) is 12.9. The summed E-state index contributed by atoms with van der Waals surface area (Å²) in [6.07, 6.45) is 0. The zero-order chi connectivity index (χ0) is 15.0. The zero-order valence-corrected chi connectivity index (χ0v) is 12.9. The van der Waals surface area contributed by atoms with Gasteiger partial charge in [-0.2, -0.15) is 0 Å². The minimum Gasteiger partial charge on any atom is -0.484 e. The van der Waals surface area contributed by atoms with E-state index in [2.05, 4.69) is 24.5 Å². The number of hydrogen-bond acceptors (Lipinski definition) is 3. The van der Waals surface area contributed by atoms with Gasteiger partial charge in [0.15, 0.2) is 6.61 Å². The van der Waals surface area contributed by atoms with Crippen molar-refractivity contribution in [1.29, 1.82) is 0 Å². The van der Waals surface area contributed by atoms with Crippen molar-refractivity contribution in [3.05, 3.63) is 29.8 Å². The van der Waals surface area contributed by atoms with Crippen LogP contribution in [0, 0.1) is 5.92 Å². The van der Waals surface area contributed by atoms with Crippen LogP contribution in [0.2, 0.25) is 0 Å². The molecule has 20 heavy (non-hydrogen) atoms. The van der Waals surface area contributed by atoms with E-state index in [4.69, 9.17) is 4.74 Å². The molecule has 0 saturated carbocycles. The highest BCUT2D eigenvalue weighted by atomic mass is 16.5. The fourth-order valence-corrected chi connectivity index (χ4v) is 1.72. The Morgan fingerprint density at radius 2 is 1.80 bits per heavy atom. The van der Waals surface area contributed by atoms with E-state index in [-0.39, 0.29) is 18.6 Å². The smallest absolute Gasteiger partial charge is 0.258 e. The summed E-state index contributed by atoms with van der Waals surface area (Å²) in [7, 11) is 0. The molecule has 0 heterocycles. The van der Waals surface area contributed by atoms with Crippen LogP contribution in [0.5, 0.6) is 5.75 Å². The predicted octanol–water partition coefficient (Wildman–Crippen LogP) is 2.34. The Labute approximate surface area is 121 Å². The number of amides is 1. The van der Waals surface area contributed by atoms with Crippen LogP contribution in [0.1, 0.15) is 33.3 Å². The molecule has 0 radical (unpaired) electrons. The van der Waals surface area contributed by atoms with E-state index in [1.807, 2.05) is 38.1 Å². The van der Waals surface area contributed by atoms with Gasteiger partial charge < -0.3 is 15.4 Å². The summed E-state index contributed by atoms with van der Waals surface area (Å²) in [4.78, 5) is 11.5. The molecule has 0 aliphatic carbocycles. The first-order chi connectivity index (χ1) is 9.47. The van der Waals surface area contributed by atoms with Gasteiger partial charge in [0.1, 0.15) is 5.75 Å². The maximum absolute atomic E-state index is 11.5. The Morgan fingerprint density at radius 3 is 2.35 bits per heavy atom. The highest BCUT2D eigenvalue weighted by Crippen LogP contribution is 2.12. The van der Waals surface area contributed by atoms with Gasteiger partial charge in [-0.15, -0.1) is 0 Å². The highest BCUT2D eigenvalue weighted by molar-refractivity contribution is 5.77. The second-order valence-electron chi connectivity index (χ2n) is 5.68. The molecule has 0 aliphatic rings. The fourth-order valence-electron chi connectivity index (χ4n) is 1.72. The third kappa shape index (κ3) is 7.14. The summed E-state index contributed by atoms with van der Waals surface area (Å²) in [5, 5.41) is 6.18. The number of rotatable bonds is 8. The van der Waals surface area contributed by atoms with Crippen LogP contribution in [0.25, 0.3) is 0 Å². The van der Waals surface area contributed by atoms with Gasteiger partial charge in [-0.1, -0.05) is 26.0 Å². The summed E-state index contributed by atoms with van der Waals surface area (Å²) in [5.41, 5.74) is 1.21. The van der Waals surface area contributed by atoms with Crippen molar-refractivity contribution in [2.24, 2.45) is 5.92 Å². The van der Waals surface area contributed by atoms with Gasteiger partial charge in [-0.25, -0.2) is 0 Å². The molecule has 0 atom stereocenters. The molecule has 0 spiro atoms. The van der Waals surface area contributed by atoms with E-state index >= 15 is 0 Å². The molecule has 0 aliphatic heterocycles. The minimum absolute atomic E-state index is 0.0587. The lowest BCUT2D eigenvalue weighted by molar-refractivity contribution is -0.123. The molecule has 1 amide bonds. The van der Waals surface area contributed by atoms with E-state index in [0.29, 0.717) is 5.92 Å². The van der Waals surface area contributed by atoms with Gasteiger partial charge in [0.2, 0.25) is 0 Å². The number of benzene rings is 1. The van der Waals surface area contributed by atoms with E-state index in [1.165, 1.54) is 5.56 Å². The predicted molar refractivity (Wildman–Crippen MR) is 81.8 cm³/mol. The molecule has 0 fully saturated rings. The Balaban J connectivity index is 2.33. The van der Waals surface area contributed by atoms with Gasteiger partial charge in [0.05, 0.1) is 0 Å². The lowest BCUT2D eigenvalue weighted by Crippen LogP contribution is -2.34. The first kappa shape index (κ1) is 16.5. The lowest BCUT2D eigenvalue weighted by Gasteiger charge is -2.10. The van der Waals surface area contributed by atoms with Crippen LogP contribution in [-0.2, 0) is 11.3 Å². The van der Waals surface area contributed by atoms with Gasteiger partial charge in [-0.05, 0) is 44.0 Å². The summed E-state index contributed by atoms with van der Waals surface area (Å²) < 4.78 is 5.43. The number of ether oxygens (including phenoxy) is 1. The van der Waals surface area contributed by atoms with Crippen LogP contribution >= 0.6 is 0 Å². The molecule has 0 aromatic heterocycles. The monoisotopic (exact) mass is 278 g/mol. The van der Waals surface area contributed by atoms with Crippen molar-refractivity contribution < 1.29 is 9.53 Å². The number of carbonyl (C=O) groups excluding carboxylic acids is 1. The van der Waals surface area contributed by atoms with Crippen molar-refractivity contribution >= 4 is 5.91 Å². The Kier molecular flexibility index (Phi) is 7.09. The van der Waals surface area contributed by atoms with Gasteiger partial charge in [0, 0.05) is 12.6 Å². The molecule has 0 unspecified atom stereocenters. The SMILES string of the molecule is CC(C)CNCc1ccc(OCC(=O)NC(C)C)cc1. The van der Waals surface area contributed by atoms with Crippen LogP contribution < -0.4 is 15.4 Å². The quantitative estimate of drug-likeness (QED) is 0.767. The molecule has 112 valence electrons. The van der Waals surface area contributed by atoms with Crippen LogP contribution in [0.3, 0.4) is 0 Å². The standard InChI is InChI=1S/C16H26N2O2/c1-12(2)9-17-10-14-5-7-15(8-6-14)20-11-16(19)18-13(3)4/h5-8,12-13,17H,9-11H2,1-4H3,(H,18,19). The summed E-state index contributed by atoms with van der Waals surface area (Å²) in [6, 6.07) is 7.97. The molecule has 4 nitrogen and oxygen atoms in total. The fraction of sp³-hybridized carbons (Fsp3) is 0.562. The second kappa shape index (κ2) is 8.59. The highest BCUT2D eigenvalue weighted by Gasteiger charge is 2.04. The van der Waals surface area contributed by atoms with Gasteiger partial charge in [0.25, 0.3) is 5.91 Å². The minimum atomic E-state index is -0.0947. The molecular formula is C16H26N2O2. The van der Waals surface area contributed by atoms with Crippen molar-refractivity contribution in [2.45, 2.75) is 40.3 Å². The van der Waals surface area contributed by atoms with Gasteiger partial charge >= 0.3 is 0 Å². The molecule has 1 aromatic carbocycles. The van der Waals surface area contributed by atoms with E-state index in [1.54, 1.807) is 0 Å². The van der Waals surface area contributed by atoms with Crippen molar-refractivity contribution in [3.8, 4) is 5.75 Å². The Morgan fingerprint density at radius 1 is 1.15 bits per heavy atom. The first-order valence-electron chi connectivity index (χ1n) is 7.19. The number of hydrogen-bond donors (Lipinski definition) is 2. The van der Waals surface area contributed by atoms with Crippen LogP contribution in [-0.4, -0.2) is 25.1 Å². The second-order valence-corrected chi connectivity index (χ2v) is 5.68. The lowest BCUT2D eigenvalue weighted by atomic mass is 10.2. The summed E-state index contributed by atoms with van der Waals surface area (Å²) in [6.45, 7) is 10.1. The Bertz CT molecular complexity index is 399. The number of nitrogens with one attached hydrogen (secondary N) is 2. The molecule has 1 rings (SSSR count). The molecule has 1 aromatic rings. The van der Waals surface area contributed by atoms with Crippen LogP contribution in [0.4, 0.5) is 0 Å². The first-order valence-corrected chi connectivity index (χ1v) is 7.19. The summed E-state index contributed by atoms with van der Waals surface area (Å²) >= 11 is 0. The van der Waals surface area contributed by atoms with E-state index in [9.17, 15) is 4.79 Å². The largest absolute Gasteiger partial charge is 0.484 e. The average Bonchev–Trinajstić information content (AvgIpc) is 2.36. The van der Waals surface area contributed by atoms with Crippen LogP contribution in [0.15, 0.2) is 24.3 Å².